The van der Waals surface area contributed by atoms with Gasteiger partial charge >= 0.3 is 5.97 Å². The Bertz CT molecular complexity index is 419. The maximum Gasteiger partial charge on any atom is 0.338 e. The molecule has 1 aromatic carbocycles. The lowest BCUT2D eigenvalue weighted by atomic mass is 9.88. The first-order valence-corrected chi connectivity index (χ1v) is 4.24. The SMILES string of the molecule is COC(=O)C1=Cc2ccc(OC)cc21. The first-order valence-electron chi connectivity index (χ1n) is 4.24. The number of fused-ring (bicyclic) bond motifs is 1. The lowest BCUT2D eigenvalue weighted by Crippen LogP contribution is -2.10. The molecule has 3 heteroatoms. The van der Waals surface area contributed by atoms with Crippen molar-refractivity contribution in [2.45, 2.75) is 0 Å². The summed E-state index contributed by atoms with van der Waals surface area (Å²) >= 11 is 0. The first-order chi connectivity index (χ1) is 6.76. The number of ether oxygens (including phenoxy) is 2. The molecule has 0 unspecified atom stereocenters. The van der Waals surface area contributed by atoms with Gasteiger partial charge in [-0.05, 0) is 29.3 Å². The molecule has 14 heavy (non-hydrogen) atoms. The van der Waals surface area contributed by atoms with Gasteiger partial charge in [-0.3, -0.25) is 0 Å². The highest BCUT2D eigenvalue weighted by Crippen LogP contribution is 2.35. The number of hydrogen-bond donors (Lipinski definition) is 0. The van der Waals surface area contributed by atoms with Crippen molar-refractivity contribution in [3.63, 3.8) is 0 Å². The smallest absolute Gasteiger partial charge is 0.338 e. The van der Waals surface area contributed by atoms with Crippen LogP contribution in [0.25, 0.3) is 11.6 Å². The van der Waals surface area contributed by atoms with Crippen LogP contribution in [-0.4, -0.2) is 20.2 Å². The number of carbonyl (C=O) groups is 1. The monoisotopic (exact) mass is 190 g/mol. The molecular weight excluding hydrogens is 180 g/mol. The molecule has 72 valence electrons. The van der Waals surface area contributed by atoms with Gasteiger partial charge in [-0.25, -0.2) is 4.79 Å². The molecule has 0 aromatic heterocycles. The Kier molecular flexibility index (Phi) is 2.00. The van der Waals surface area contributed by atoms with Gasteiger partial charge < -0.3 is 9.47 Å². The van der Waals surface area contributed by atoms with Gasteiger partial charge in [0.1, 0.15) is 5.75 Å². The largest absolute Gasteiger partial charge is 0.497 e. The zero-order valence-electron chi connectivity index (χ0n) is 8.03. The van der Waals surface area contributed by atoms with Gasteiger partial charge in [0.25, 0.3) is 0 Å². The van der Waals surface area contributed by atoms with E-state index in [1.165, 1.54) is 7.11 Å². The minimum Gasteiger partial charge on any atom is -0.497 e. The highest BCUT2D eigenvalue weighted by atomic mass is 16.5. The molecule has 3 nitrogen and oxygen atoms in total. The molecule has 0 N–H and O–H groups in total. The van der Waals surface area contributed by atoms with Crippen LogP contribution in [0.4, 0.5) is 0 Å². The van der Waals surface area contributed by atoms with Crippen molar-refractivity contribution in [3.8, 4) is 5.75 Å². The zero-order valence-corrected chi connectivity index (χ0v) is 8.03. The van der Waals surface area contributed by atoms with Crippen LogP contribution in [0, 0.1) is 0 Å². The lowest BCUT2D eigenvalue weighted by molar-refractivity contribution is -0.133. The van der Waals surface area contributed by atoms with E-state index in [2.05, 4.69) is 4.74 Å². The summed E-state index contributed by atoms with van der Waals surface area (Å²) in [5.74, 6) is 0.448. The highest BCUT2D eigenvalue weighted by molar-refractivity contribution is 6.27. The molecule has 1 aromatic rings. The van der Waals surface area contributed by atoms with Crippen LogP contribution in [0.5, 0.6) is 5.75 Å². The lowest BCUT2D eigenvalue weighted by Gasteiger charge is -2.18. The van der Waals surface area contributed by atoms with Crippen LogP contribution in [-0.2, 0) is 9.53 Å². The van der Waals surface area contributed by atoms with E-state index in [-0.39, 0.29) is 5.97 Å². The van der Waals surface area contributed by atoms with Crippen LogP contribution in [0.15, 0.2) is 18.2 Å². The summed E-state index contributed by atoms with van der Waals surface area (Å²) < 4.78 is 9.70. The van der Waals surface area contributed by atoms with Crippen molar-refractivity contribution in [1.29, 1.82) is 0 Å². The molecule has 0 bridgehead atoms. The first kappa shape index (κ1) is 8.81. The van der Waals surface area contributed by atoms with Crippen molar-refractivity contribution in [2.75, 3.05) is 14.2 Å². The Hall–Kier alpha value is -1.77. The summed E-state index contributed by atoms with van der Waals surface area (Å²) in [6.45, 7) is 0. The molecule has 0 atom stereocenters. The number of rotatable bonds is 2. The minimum atomic E-state index is -0.300. The molecule has 0 saturated heterocycles. The summed E-state index contributed by atoms with van der Waals surface area (Å²) in [5.41, 5.74) is 2.56. The van der Waals surface area contributed by atoms with E-state index in [4.69, 9.17) is 4.74 Å². The fourth-order valence-electron chi connectivity index (χ4n) is 1.46. The van der Waals surface area contributed by atoms with Crippen LogP contribution < -0.4 is 4.74 Å². The number of methoxy groups -OCH3 is 2. The summed E-state index contributed by atoms with van der Waals surface area (Å²) in [7, 11) is 2.98. The molecular formula is C11H10O3. The second-order valence-electron chi connectivity index (χ2n) is 3.00. The molecule has 0 fully saturated rings. The van der Waals surface area contributed by atoms with Gasteiger partial charge in [-0.2, -0.15) is 0 Å². The van der Waals surface area contributed by atoms with Crippen LogP contribution in [0.2, 0.25) is 0 Å². The predicted octanol–water partition coefficient (Wildman–Crippen LogP) is 1.72. The van der Waals surface area contributed by atoms with E-state index in [0.29, 0.717) is 5.57 Å². The van der Waals surface area contributed by atoms with E-state index >= 15 is 0 Å². The maximum absolute atomic E-state index is 11.2. The second kappa shape index (κ2) is 3.18. The molecule has 2 rings (SSSR count). The van der Waals surface area contributed by atoms with Crippen molar-refractivity contribution in [2.24, 2.45) is 0 Å². The average Bonchev–Trinajstić information content (AvgIpc) is 2.19. The quantitative estimate of drug-likeness (QED) is 0.666. The fraction of sp³-hybridized carbons (Fsp3) is 0.182. The van der Waals surface area contributed by atoms with Crippen LogP contribution in [0.3, 0.4) is 0 Å². The Balaban J connectivity index is 2.33. The van der Waals surface area contributed by atoms with Crippen molar-refractivity contribution in [1.82, 2.24) is 0 Å². The number of benzene rings is 1. The van der Waals surface area contributed by atoms with Crippen LogP contribution in [0.1, 0.15) is 11.1 Å². The van der Waals surface area contributed by atoms with E-state index in [1.54, 1.807) is 13.2 Å². The van der Waals surface area contributed by atoms with Crippen molar-refractivity contribution >= 4 is 17.6 Å². The van der Waals surface area contributed by atoms with E-state index < -0.39 is 0 Å². The van der Waals surface area contributed by atoms with Crippen molar-refractivity contribution in [3.05, 3.63) is 29.3 Å². The molecule has 1 aliphatic carbocycles. The number of carbonyl (C=O) groups excluding carboxylic acids is 1. The topological polar surface area (TPSA) is 35.5 Å². The fourth-order valence-corrected chi connectivity index (χ4v) is 1.46. The average molecular weight is 190 g/mol. The molecule has 0 saturated carbocycles. The summed E-state index contributed by atoms with van der Waals surface area (Å²) in [6, 6.07) is 5.62. The van der Waals surface area contributed by atoms with Crippen molar-refractivity contribution < 1.29 is 14.3 Å². The Morgan fingerprint density at radius 2 is 2.07 bits per heavy atom. The van der Waals surface area contributed by atoms with E-state index in [9.17, 15) is 4.79 Å². The molecule has 1 aliphatic rings. The molecule has 0 radical (unpaired) electrons. The van der Waals surface area contributed by atoms with Gasteiger partial charge in [0.05, 0.1) is 19.8 Å². The highest BCUT2D eigenvalue weighted by Gasteiger charge is 2.23. The summed E-state index contributed by atoms with van der Waals surface area (Å²) in [4.78, 5) is 11.2. The van der Waals surface area contributed by atoms with E-state index in [0.717, 1.165) is 16.9 Å². The Morgan fingerprint density at radius 3 is 2.71 bits per heavy atom. The Morgan fingerprint density at radius 1 is 1.29 bits per heavy atom. The molecule has 0 aliphatic heterocycles. The van der Waals surface area contributed by atoms with Gasteiger partial charge in [0.2, 0.25) is 0 Å². The van der Waals surface area contributed by atoms with Gasteiger partial charge in [0, 0.05) is 0 Å². The Labute approximate surface area is 81.9 Å². The third-order valence-electron chi connectivity index (χ3n) is 2.26. The van der Waals surface area contributed by atoms with E-state index in [1.807, 2.05) is 18.2 Å². The normalized spacial score (nSPS) is 12.3. The van der Waals surface area contributed by atoms with Gasteiger partial charge in [-0.15, -0.1) is 0 Å². The minimum absolute atomic E-state index is 0.300. The third kappa shape index (κ3) is 1.18. The second-order valence-corrected chi connectivity index (χ2v) is 3.00. The number of hydrogen-bond acceptors (Lipinski definition) is 3. The molecule has 0 heterocycles. The standard InChI is InChI=1S/C11H10O3/c1-13-8-4-3-7-5-10(9(7)6-8)11(12)14-2/h3-6H,1-2H3. The summed E-state index contributed by atoms with van der Waals surface area (Å²) in [5, 5.41) is 0. The van der Waals surface area contributed by atoms with Crippen LogP contribution >= 0.6 is 0 Å². The zero-order chi connectivity index (χ0) is 10.1. The number of esters is 1. The van der Waals surface area contributed by atoms with Gasteiger partial charge in [-0.1, -0.05) is 6.07 Å². The maximum atomic E-state index is 11.2. The molecule has 0 spiro atoms. The third-order valence-corrected chi connectivity index (χ3v) is 2.26. The molecule has 0 amide bonds. The summed E-state index contributed by atoms with van der Waals surface area (Å²) in [6.07, 6.45) is 1.81. The van der Waals surface area contributed by atoms with Gasteiger partial charge in [0.15, 0.2) is 0 Å². The predicted molar refractivity (Wildman–Crippen MR) is 52.9 cm³/mol.